The second-order valence-corrected chi connectivity index (χ2v) is 8.10. The number of hydrogen-bond acceptors (Lipinski definition) is 7. The molecule has 10 nitrogen and oxygen atoms in total. The fourth-order valence-corrected chi connectivity index (χ4v) is 3.20. The van der Waals surface area contributed by atoms with Gasteiger partial charge in [0.05, 0.1) is 5.69 Å². The Kier molecular flexibility index (Phi) is 5.76. The minimum absolute atomic E-state index is 0.124. The summed E-state index contributed by atoms with van der Waals surface area (Å²) in [5.41, 5.74) is 2.88. The Morgan fingerprint density at radius 1 is 1.12 bits per heavy atom. The van der Waals surface area contributed by atoms with Crippen LogP contribution in [0.1, 0.15) is 61.5 Å². The van der Waals surface area contributed by atoms with E-state index in [1.807, 2.05) is 37.7 Å². The smallest absolute Gasteiger partial charge is 0.275 e. The standard InChI is InChI=1S/C22H25N9O/c1-13(2)21-26-28-29-31(21)20-8-6-7-19(24-20)25-22(32)18-11-16(15(5)12-23-18)17-9-10-30(27-17)14(3)4/h6-14H,1-5H3,(H,24,25,32). The first-order valence-corrected chi connectivity index (χ1v) is 10.4. The fourth-order valence-electron chi connectivity index (χ4n) is 3.20. The Hall–Kier alpha value is -3.95. The van der Waals surface area contributed by atoms with Crippen LogP contribution in [0.15, 0.2) is 42.7 Å². The van der Waals surface area contributed by atoms with Crippen LogP contribution in [0.3, 0.4) is 0 Å². The van der Waals surface area contributed by atoms with Gasteiger partial charge in [-0.1, -0.05) is 19.9 Å². The number of aryl methyl sites for hydroxylation is 1. The largest absolute Gasteiger partial charge is 0.305 e. The topological polar surface area (TPSA) is 116 Å². The molecule has 0 spiro atoms. The van der Waals surface area contributed by atoms with Crippen molar-refractivity contribution in [3.63, 3.8) is 0 Å². The molecule has 4 aromatic heterocycles. The van der Waals surface area contributed by atoms with E-state index in [4.69, 9.17) is 0 Å². The highest BCUT2D eigenvalue weighted by atomic mass is 16.1. The zero-order valence-electron chi connectivity index (χ0n) is 18.7. The molecule has 0 bridgehead atoms. The molecule has 0 saturated heterocycles. The van der Waals surface area contributed by atoms with Gasteiger partial charge in [-0.2, -0.15) is 9.78 Å². The number of nitrogens with one attached hydrogen (secondary N) is 1. The van der Waals surface area contributed by atoms with E-state index in [-0.39, 0.29) is 23.6 Å². The highest BCUT2D eigenvalue weighted by molar-refractivity contribution is 6.03. The van der Waals surface area contributed by atoms with Gasteiger partial charge in [-0.05, 0) is 61.0 Å². The molecule has 1 N–H and O–H groups in total. The number of anilines is 1. The maximum Gasteiger partial charge on any atom is 0.275 e. The van der Waals surface area contributed by atoms with Gasteiger partial charge in [0, 0.05) is 29.9 Å². The molecule has 4 aromatic rings. The summed E-state index contributed by atoms with van der Waals surface area (Å²) in [6, 6.07) is 9.22. The van der Waals surface area contributed by atoms with Crippen LogP contribution in [0.2, 0.25) is 0 Å². The Morgan fingerprint density at radius 2 is 1.94 bits per heavy atom. The lowest BCUT2D eigenvalue weighted by atomic mass is 10.1. The Bertz CT molecular complexity index is 1260. The highest BCUT2D eigenvalue weighted by Gasteiger charge is 2.16. The summed E-state index contributed by atoms with van der Waals surface area (Å²) >= 11 is 0. The van der Waals surface area contributed by atoms with Gasteiger partial charge in [-0.25, -0.2) is 4.98 Å². The van der Waals surface area contributed by atoms with Gasteiger partial charge in [-0.15, -0.1) is 5.10 Å². The lowest BCUT2D eigenvalue weighted by Gasteiger charge is -2.10. The molecule has 32 heavy (non-hydrogen) atoms. The lowest BCUT2D eigenvalue weighted by molar-refractivity contribution is 0.102. The molecule has 0 aliphatic rings. The summed E-state index contributed by atoms with van der Waals surface area (Å²) < 4.78 is 3.45. The van der Waals surface area contributed by atoms with Crippen molar-refractivity contribution >= 4 is 11.7 Å². The average Bonchev–Trinajstić information content (AvgIpc) is 3.44. The quantitative estimate of drug-likeness (QED) is 0.496. The normalized spacial score (nSPS) is 11.3. The third kappa shape index (κ3) is 4.25. The Balaban J connectivity index is 1.59. The third-order valence-electron chi connectivity index (χ3n) is 4.95. The molecule has 10 heteroatoms. The molecule has 0 fully saturated rings. The second-order valence-electron chi connectivity index (χ2n) is 8.10. The van der Waals surface area contributed by atoms with Crippen LogP contribution in [0, 0.1) is 6.92 Å². The molecule has 0 atom stereocenters. The predicted octanol–water partition coefficient (Wildman–Crippen LogP) is 3.58. The van der Waals surface area contributed by atoms with Gasteiger partial charge in [0.15, 0.2) is 11.6 Å². The molecule has 1 amide bonds. The van der Waals surface area contributed by atoms with E-state index in [1.165, 1.54) is 0 Å². The summed E-state index contributed by atoms with van der Waals surface area (Å²) in [6.45, 7) is 10.1. The van der Waals surface area contributed by atoms with Gasteiger partial charge in [0.25, 0.3) is 5.91 Å². The number of tetrazole rings is 1. The van der Waals surface area contributed by atoms with Gasteiger partial charge in [-0.3, -0.25) is 14.5 Å². The van der Waals surface area contributed by atoms with Crippen molar-refractivity contribution in [1.82, 2.24) is 40.0 Å². The number of amides is 1. The van der Waals surface area contributed by atoms with Crippen molar-refractivity contribution < 1.29 is 4.79 Å². The van der Waals surface area contributed by atoms with Crippen LogP contribution in [0.25, 0.3) is 17.1 Å². The summed E-state index contributed by atoms with van der Waals surface area (Å²) in [6.07, 6.45) is 3.61. The molecule has 0 aliphatic heterocycles. The maximum absolute atomic E-state index is 12.9. The minimum Gasteiger partial charge on any atom is -0.305 e. The third-order valence-corrected chi connectivity index (χ3v) is 4.95. The maximum atomic E-state index is 12.9. The summed E-state index contributed by atoms with van der Waals surface area (Å²) in [5, 5.41) is 19.2. The average molecular weight is 432 g/mol. The molecular weight excluding hydrogens is 406 g/mol. The lowest BCUT2D eigenvalue weighted by Crippen LogP contribution is -2.16. The van der Waals surface area contributed by atoms with Crippen LogP contribution in [0.5, 0.6) is 0 Å². The molecule has 0 aromatic carbocycles. The number of rotatable bonds is 6. The SMILES string of the molecule is Cc1cnc(C(=O)Nc2cccc(-n3nnnc3C(C)C)n2)cc1-c1ccn(C(C)C)n1. The number of carbonyl (C=O) groups excluding carboxylic acids is 1. The zero-order chi connectivity index (χ0) is 22.8. The number of hydrogen-bond donors (Lipinski definition) is 1. The van der Waals surface area contributed by atoms with E-state index >= 15 is 0 Å². The molecule has 164 valence electrons. The van der Waals surface area contributed by atoms with E-state index in [1.54, 1.807) is 35.1 Å². The molecule has 0 radical (unpaired) electrons. The van der Waals surface area contributed by atoms with E-state index in [9.17, 15) is 4.79 Å². The van der Waals surface area contributed by atoms with E-state index in [0.29, 0.717) is 17.5 Å². The van der Waals surface area contributed by atoms with Crippen molar-refractivity contribution in [3.05, 3.63) is 59.8 Å². The minimum atomic E-state index is -0.361. The van der Waals surface area contributed by atoms with Gasteiger partial charge >= 0.3 is 0 Å². The van der Waals surface area contributed by atoms with E-state index in [2.05, 4.69) is 49.8 Å². The molecule has 0 saturated carbocycles. The van der Waals surface area contributed by atoms with Gasteiger partial charge in [0.1, 0.15) is 11.5 Å². The first-order chi connectivity index (χ1) is 15.3. The van der Waals surface area contributed by atoms with Crippen LogP contribution >= 0.6 is 0 Å². The molecular formula is C22H25N9O. The second kappa shape index (κ2) is 8.66. The van der Waals surface area contributed by atoms with Crippen molar-refractivity contribution in [2.45, 2.75) is 46.6 Å². The number of carbonyl (C=O) groups is 1. The molecule has 0 unspecified atom stereocenters. The van der Waals surface area contributed by atoms with Crippen LogP contribution in [0.4, 0.5) is 5.82 Å². The number of nitrogens with zero attached hydrogens (tertiary/aromatic N) is 8. The zero-order valence-corrected chi connectivity index (χ0v) is 18.7. The van der Waals surface area contributed by atoms with E-state index in [0.717, 1.165) is 16.8 Å². The first-order valence-electron chi connectivity index (χ1n) is 10.4. The Morgan fingerprint density at radius 3 is 2.66 bits per heavy atom. The molecule has 4 heterocycles. The molecule has 4 rings (SSSR count). The highest BCUT2D eigenvalue weighted by Crippen LogP contribution is 2.23. The molecule has 0 aliphatic carbocycles. The monoisotopic (exact) mass is 431 g/mol. The number of aromatic nitrogens is 8. The van der Waals surface area contributed by atoms with Crippen molar-refractivity contribution in [3.8, 4) is 17.1 Å². The van der Waals surface area contributed by atoms with Crippen LogP contribution in [-0.2, 0) is 0 Å². The van der Waals surface area contributed by atoms with Gasteiger partial charge in [0.2, 0.25) is 0 Å². The first kappa shape index (κ1) is 21.3. The summed E-state index contributed by atoms with van der Waals surface area (Å²) in [7, 11) is 0. The van der Waals surface area contributed by atoms with Crippen LogP contribution in [-0.4, -0.2) is 45.9 Å². The Labute approximate surface area is 185 Å². The summed E-state index contributed by atoms with van der Waals surface area (Å²) in [5.74, 6) is 1.35. The van der Waals surface area contributed by atoms with Crippen molar-refractivity contribution in [1.29, 1.82) is 0 Å². The summed E-state index contributed by atoms with van der Waals surface area (Å²) in [4.78, 5) is 21.7. The van der Waals surface area contributed by atoms with Gasteiger partial charge < -0.3 is 5.32 Å². The fraction of sp³-hybridized carbons (Fsp3) is 0.318. The predicted molar refractivity (Wildman–Crippen MR) is 120 cm³/mol. The van der Waals surface area contributed by atoms with Crippen LogP contribution < -0.4 is 5.32 Å². The van der Waals surface area contributed by atoms with Crippen molar-refractivity contribution in [2.24, 2.45) is 0 Å². The van der Waals surface area contributed by atoms with Crippen molar-refractivity contribution in [2.75, 3.05) is 5.32 Å². The number of pyridine rings is 2. The van der Waals surface area contributed by atoms with E-state index < -0.39 is 0 Å².